The van der Waals surface area contributed by atoms with Gasteiger partial charge < -0.3 is 10.6 Å². The Morgan fingerprint density at radius 3 is 2.47 bits per heavy atom. The molecule has 6 heteroatoms. The quantitative estimate of drug-likeness (QED) is 0.844. The lowest BCUT2D eigenvalue weighted by Crippen LogP contribution is -2.40. The zero-order valence-electron chi connectivity index (χ0n) is 9.27. The summed E-state index contributed by atoms with van der Waals surface area (Å²) in [5, 5.41) is 4.10. The van der Waals surface area contributed by atoms with Crippen LogP contribution in [0.25, 0.3) is 0 Å². The molecule has 0 aliphatic heterocycles. The molecule has 0 spiro atoms. The number of amides is 2. The summed E-state index contributed by atoms with van der Waals surface area (Å²) < 4.78 is 35.4. The molecular formula is C11H13F3N2O. The zero-order valence-corrected chi connectivity index (χ0v) is 9.27. The van der Waals surface area contributed by atoms with E-state index in [1.807, 2.05) is 19.1 Å². The van der Waals surface area contributed by atoms with Gasteiger partial charge in [-0.25, -0.2) is 4.79 Å². The van der Waals surface area contributed by atoms with Crippen molar-refractivity contribution in [1.29, 1.82) is 0 Å². The number of nitrogens with one attached hydrogen (secondary N) is 2. The largest absolute Gasteiger partial charge is 0.405 e. The number of hydrogen-bond acceptors (Lipinski definition) is 1. The number of benzene rings is 1. The highest BCUT2D eigenvalue weighted by molar-refractivity contribution is 5.73. The molecule has 2 N–H and O–H groups in total. The molecule has 1 rings (SSSR count). The molecule has 0 heterocycles. The highest BCUT2D eigenvalue weighted by Crippen LogP contribution is 2.12. The van der Waals surface area contributed by atoms with Gasteiger partial charge in [-0.3, -0.25) is 0 Å². The standard InChI is InChI=1S/C11H13F3N2O/c1-8-4-2-3-5-9(8)6-15-10(17)16-7-11(12,13)14/h2-5H,6-7H2,1H3,(H2,15,16,17). The number of carbonyl (C=O) groups is 1. The van der Waals surface area contributed by atoms with Gasteiger partial charge in [0.2, 0.25) is 0 Å². The van der Waals surface area contributed by atoms with Crippen molar-refractivity contribution in [2.24, 2.45) is 0 Å². The fourth-order valence-corrected chi connectivity index (χ4v) is 1.23. The number of hydrogen-bond donors (Lipinski definition) is 2. The van der Waals surface area contributed by atoms with Crippen LogP contribution in [0.3, 0.4) is 0 Å². The number of rotatable bonds is 3. The predicted molar refractivity (Wildman–Crippen MR) is 57.5 cm³/mol. The molecule has 0 radical (unpaired) electrons. The van der Waals surface area contributed by atoms with Crippen LogP contribution in [0, 0.1) is 6.92 Å². The van der Waals surface area contributed by atoms with Crippen LogP contribution in [0.5, 0.6) is 0 Å². The van der Waals surface area contributed by atoms with Crippen molar-refractivity contribution in [1.82, 2.24) is 10.6 Å². The average molecular weight is 246 g/mol. The first-order valence-electron chi connectivity index (χ1n) is 5.01. The molecule has 0 unspecified atom stereocenters. The Morgan fingerprint density at radius 1 is 1.24 bits per heavy atom. The van der Waals surface area contributed by atoms with Crippen LogP contribution in [0.1, 0.15) is 11.1 Å². The summed E-state index contributed by atoms with van der Waals surface area (Å²) in [5.74, 6) is 0. The van der Waals surface area contributed by atoms with Gasteiger partial charge in [-0.1, -0.05) is 24.3 Å². The summed E-state index contributed by atoms with van der Waals surface area (Å²) >= 11 is 0. The van der Waals surface area contributed by atoms with E-state index in [4.69, 9.17) is 0 Å². The van der Waals surface area contributed by atoms with Gasteiger partial charge in [0.05, 0.1) is 0 Å². The third-order valence-electron chi connectivity index (χ3n) is 2.15. The Balaban J connectivity index is 2.36. The van der Waals surface area contributed by atoms with Crippen LogP contribution < -0.4 is 10.6 Å². The van der Waals surface area contributed by atoms with E-state index < -0.39 is 18.8 Å². The van der Waals surface area contributed by atoms with Crippen LogP contribution in [0.2, 0.25) is 0 Å². The second-order valence-electron chi connectivity index (χ2n) is 3.58. The van der Waals surface area contributed by atoms with Crippen LogP contribution in [0.15, 0.2) is 24.3 Å². The van der Waals surface area contributed by atoms with E-state index in [0.29, 0.717) is 0 Å². The third-order valence-corrected chi connectivity index (χ3v) is 2.15. The first kappa shape index (κ1) is 13.3. The number of carbonyl (C=O) groups excluding carboxylic acids is 1. The van der Waals surface area contributed by atoms with Gasteiger partial charge >= 0.3 is 12.2 Å². The van der Waals surface area contributed by atoms with Gasteiger partial charge in [0, 0.05) is 6.54 Å². The van der Waals surface area contributed by atoms with Crippen molar-refractivity contribution >= 4 is 6.03 Å². The highest BCUT2D eigenvalue weighted by Gasteiger charge is 2.27. The molecule has 1 aromatic carbocycles. The monoisotopic (exact) mass is 246 g/mol. The van der Waals surface area contributed by atoms with Gasteiger partial charge in [-0.15, -0.1) is 0 Å². The van der Waals surface area contributed by atoms with Crippen LogP contribution in [-0.4, -0.2) is 18.8 Å². The lowest BCUT2D eigenvalue weighted by atomic mass is 10.1. The first-order chi connectivity index (χ1) is 7.88. The van der Waals surface area contributed by atoms with E-state index >= 15 is 0 Å². The molecule has 3 nitrogen and oxygen atoms in total. The van der Waals surface area contributed by atoms with Gasteiger partial charge in [0.25, 0.3) is 0 Å². The topological polar surface area (TPSA) is 41.1 Å². The molecule has 0 atom stereocenters. The smallest absolute Gasteiger partial charge is 0.334 e. The van der Waals surface area contributed by atoms with Crippen molar-refractivity contribution in [3.05, 3.63) is 35.4 Å². The maximum Gasteiger partial charge on any atom is 0.405 e. The van der Waals surface area contributed by atoms with Gasteiger partial charge in [-0.2, -0.15) is 13.2 Å². The molecule has 0 aromatic heterocycles. The lowest BCUT2D eigenvalue weighted by Gasteiger charge is -2.10. The molecule has 1 aromatic rings. The molecule has 0 saturated heterocycles. The van der Waals surface area contributed by atoms with E-state index in [-0.39, 0.29) is 6.54 Å². The maximum absolute atomic E-state index is 11.8. The fourth-order valence-electron chi connectivity index (χ4n) is 1.23. The number of aryl methyl sites for hydroxylation is 1. The summed E-state index contributed by atoms with van der Waals surface area (Å²) in [6, 6.07) is 6.50. The van der Waals surface area contributed by atoms with Crippen LogP contribution >= 0.6 is 0 Å². The van der Waals surface area contributed by atoms with Crippen LogP contribution in [-0.2, 0) is 6.54 Å². The Kier molecular flexibility index (Phi) is 4.37. The molecule has 94 valence electrons. The Labute approximate surface area is 97.0 Å². The molecule has 0 bridgehead atoms. The fraction of sp³-hybridized carbons (Fsp3) is 0.364. The van der Waals surface area contributed by atoms with Crippen molar-refractivity contribution in [3.8, 4) is 0 Å². The first-order valence-corrected chi connectivity index (χ1v) is 5.01. The van der Waals surface area contributed by atoms with E-state index in [0.717, 1.165) is 11.1 Å². The maximum atomic E-state index is 11.8. The van der Waals surface area contributed by atoms with Crippen LogP contribution in [0.4, 0.5) is 18.0 Å². The van der Waals surface area contributed by atoms with Gasteiger partial charge in [0.1, 0.15) is 6.54 Å². The minimum Gasteiger partial charge on any atom is -0.334 e. The number of urea groups is 1. The minimum atomic E-state index is -4.39. The van der Waals surface area contributed by atoms with Crippen molar-refractivity contribution in [2.45, 2.75) is 19.6 Å². The number of halogens is 3. The van der Waals surface area contributed by atoms with Gasteiger partial charge in [0.15, 0.2) is 0 Å². The minimum absolute atomic E-state index is 0.205. The summed E-state index contributed by atoms with van der Waals surface area (Å²) in [7, 11) is 0. The Hall–Kier alpha value is -1.72. The zero-order chi connectivity index (χ0) is 12.9. The highest BCUT2D eigenvalue weighted by atomic mass is 19.4. The summed E-state index contributed by atoms with van der Waals surface area (Å²) in [5.41, 5.74) is 1.85. The molecule has 0 aliphatic carbocycles. The Morgan fingerprint density at radius 2 is 1.88 bits per heavy atom. The second-order valence-corrected chi connectivity index (χ2v) is 3.58. The molecule has 0 fully saturated rings. The Bertz CT molecular complexity index is 391. The van der Waals surface area contributed by atoms with E-state index in [1.54, 1.807) is 17.4 Å². The molecule has 0 saturated carbocycles. The SMILES string of the molecule is Cc1ccccc1CNC(=O)NCC(F)(F)F. The van der Waals surface area contributed by atoms with Crippen molar-refractivity contribution < 1.29 is 18.0 Å². The van der Waals surface area contributed by atoms with Crippen molar-refractivity contribution in [2.75, 3.05) is 6.54 Å². The molecular weight excluding hydrogens is 233 g/mol. The van der Waals surface area contributed by atoms with Crippen molar-refractivity contribution in [3.63, 3.8) is 0 Å². The summed E-state index contributed by atoms with van der Waals surface area (Å²) in [6.07, 6.45) is -4.39. The molecule has 0 aliphatic rings. The predicted octanol–water partition coefficient (Wildman–Crippen LogP) is 2.36. The summed E-state index contributed by atoms with van der Waals surface area (Å²) in [4.78, 5) is 11.1. The molecule has 2 amide bonds. The number of alkyl halides is 3. The summed E-state index contributed by atoms with van der Waals surface area (Å²) in [6.45, 7) is 0.744. The van der Waals surface area contributed by atoms with E-state index in [1.165, 1.54) is 0 Å². The average Bonchev–Trinajstić information content (AvgIpc) is 2.24. The van der Waals surface area contributed by atoms with Gasteiger partial charge in [-0.05, 0) is 18.1 Å². The second kappa shape index (κ2) is 5.56. The normalized spacial score (nSPS) is 11.1. The third kappa shape index (κ3) is 5.24. The lowest BCUT2D eigenvalue weighted by molar-refractivity contribution is -0.122. The van der Waals surface area contributed by atoms with E-state index in [2.05, 4.69) is 5.32 Å². The molecule has 17 heavy (non-hydrogen) atoms. The van der Waals surface area contributed by atoms with E-state index in [9.17, 15) is 18.0 Å².